The SMILES string of the molecule is O=c1ccc(-c2cc(Cl)ccc2C(F)(F)F)c[nH]1. The first-order valence-corrected chi connectivity index (χ1v) is 5.31. The molecule has 2 rings (SSSR count). The third-order valence-corrected chi connectivity index (χ3v) is 2.62. The van der Waals surface area contributed by atoms with Gasteiger partial charge in [-0.2, -0.15) is 13.2 Å². The summed E-state index contributed by atoms with van der Waals surface area (Å²) >= 11 is 5.71. The number of aromatic nitrogens is 1. The van der Waals surface area contributed by atoms with Gasteiger partial charge in [0.05, 0.1) is 5.56 Å². The molecule has 1 heterocycles. The van der Waals surface area contributed by atoms with Gasteiger partial charge in [-0.05, 0) is 35.4 Å². The number of pyridine rings is 1. The number of aromatic amines is 1. The van der Waals surface area contributed by atoms with Crippen LogP contribution < -0.4 is 5.56 Å². The van der Waals surface area contributed by atoms with Crippen LogP contribution in [0.25, 0.3) is 11.1 Å². The van der Waals surface area contributed by atoms with Crippen LogP contribution >= 0.6 is 11.6 Å². The number of alkyl halides is 3. The first-order chi connectivity index (χ1) is 8.38. The Morgan fingerprint density at radius 2 is 1.83 bits per heavy atom. The summed E-state index contributed by atoms with van der Waals surface area (Å²) in [5, 5.41) is 0.198. The van der Waals surface area contributed by atoms with E-state index in [2.05, 4.69) is 4.98 Å². The average molecular weight is 274 g/mol. The fraction of sp³-hybridized carbons (Fsp3) is 0.0833. The van der Waals surface area contributed by atoms with E-state index in [1.807, 2.05) is 0 Å². The molecule has 94 valence electrons. The van der Waals surface area contributed by atoms with E-state index in [0.717, 1.165) is 12.1 Å². The minimum Gasteiger partial charge on any atom is -0.328 e. The lowest BCUT2D eigenvalue weighted by Gasteiger charge is -2.13. The second kappa shape index (κ2) is 4.49. The Labute approximate surface area is 105 Å². The van der Waals surface area contributed by atoms with E-state index < -0.39 is 11.7 Å². The van der Waals surface area contributed by atoms with Gasteiger partial charge in [-0.1, -0.05) is 11.6 Å². The predicted molar refractivity (Wildman–Crippen MR) is 62.5 cm³/mol. The summed E-state index contributed by atoms with van der Waals surface area (Å²) in [6.45, 7) is 0. The molecule has 0 spiro atoms. The molecule has 2 aromatic rings. The normalized spacial score (nSPS) is 11.6. The third kappa shape index (κ3) is 2.56. The maximum absolute atomic E-state index is 12.8. The second-order valence-corrected chi connectivity index (χ2v) is 4.07. The lowest BCUT2D eigenvalue weighted by Crippen LogP contribution is -2.08. The van der Waals surface area contributed by atoms with Gasteiger partial charge in [0.15, 0.2) is 0 Å². The highest BCUT2D eigenvalue weighted by Crippen LogP contribution is 2.37. The van der Waals surface area contributed by atoms with Crippen LogP contribution in [-0.4, -0.2) is 4.98 Å². The van der Waals surface area contributed by atoms with Crippen molar-refractivity contribution < 1.29 is 13.2 Å². The van der Waals surface area contributed by atoms with E-state index in [-0.39, 0.29) is 21.7 Å². The summed E-state index contributed by atoms with van der Waals surface area (Å²) in [6.07, 6.45) is -3.25. The number of nitrogens with one attached hydrogen (secondary N) is 1. The molecule has 0 atom stereocenters. The Hall–Kier alpha value is -1.75. The van der Waals surface area contributed by atoms with Gasteiger partial charge in [-0.25, -0.2) is 0 Å². The molecule has 0 unspecified atom stereocenters. The van der Waals surface area contributed by atoms with Gasteiger partial charge in [-0.15, -0.1) is 0 Å². The maximum Gasteiger partial charge on any atom is 0.417 e. The molecule has 0 amide bonds. The Kier molecular flexibility index (Phi) is 3.17. The molecular formula is C12H7ClF3NO. The molecule has 0 aliphatic rings. The maximum atomic E-state index is 12.8. The number of H-pyrrole nitrogens is 1. The summed E-state index contributed by atoms with van der Waals surface area (Å²) in [7, 11) is 0. The van der Waals surface area contributed by atoms with Gasteiger partial charge in [0.25, 0.3) is 0 Å². The van der Waals surface area contributed by atoms with Crippen molar-refractivity contribution in [1.82, 2.24) is 4.98 Å². The summed E-state index contributed by atoms with van der Waals surface area (Å²) in [5.74, 6) is 0. The molecule has 6 heteroatoms. The summed E-state index contributed by atoms with van der Waals surface area (Å²) in [4.78, 5) is 13.2. The Morgan fingerprint density at radius 3 is 2.39 bits per heavy atom. The minimum absolute atomic E-state index is 0.0637. The zero-order chi connectivity index (χ0) is 13.3. The van der Waals surface area contributed by atoms with Crippen LogP contribution in [0.4, 0.5) is 13.2 Å². The molecule has 2 nitrogen and oxygen atoms in total. The summed E-state index contributed by atoms with van der Waals surface area (Å²) < 4.78 is 38.5. The molecule has 1 aromatic carbocycles. The van der Waals surface area contributed by atoms with Crippen LogP contribution in [0.15, 0.2) is 41.3 Å². The van der Waals surface area contributed by atoms with Gasteiger partial charge in [0, 0.05) is 17.3 Å². The van der Waals surface area contributed by atoms with E-state index in [4.69, 9.17) is 11.6 Å². The monoisotopic (exact) mass is 273 g/mol. The van der Waals surface area contributed by atoms with Crippen LogP contribution in [0.3, 0.4) is 0 Å². The topological polar surface area (TPSA) is 32.9 Å². The molecule has 1 aromatic heterocycles. The van der Waals surface area contributed by atoms with E-state index in [9.17, 15) is 18.0 Å². The predicted octanol–water partition coefficient (Wildman–Crippen LogP) is 3.71. The van der Waals surface area contributed by atoms with Gasteiger partial charge in [0.2, 0.25) is 5.56 Å². The van der Waals surface area contributed by atoms with Crippen molar-refractivity contribution in [2.24, 2.45) is 0 Å². The van der Waals surface area contributed by atoms with Gasteiger partial charge >= 0.3 is 6.18 Å². The number of hydrogen-bond donors (Lipinski definition) is 1. The first-order valence-electron chi connectivity index (χ1n) is 4.94. The summed E-state index contributed by atoms with van der Waals surface area (Å²) in [6, 6.07) is 5.80. The van der Waals surface area contributed by atoms with Crippen LogP contribution in [-0.2, 0) is 6.18 Å². The molecule has 0 radical (unpaired) electrons. The lowest BCUT2D eigenvalue weighted by molar-refractivity contribution is -0.137. The fourth-order valence-electron chi connectivity index (χ4n) is 1.58. The van der Waals surface area contributed by atoms with Crippen molar-refractivity contribution in [3.8, 4) is 11.1 Å². The van der Waals surface area contributed by atoms with Gasteiger partial charge in [0.1, 0.15) is 0 Å². The molecule has 1 N–H and O–H groups in total. The Bertz CT molecular complexity index is 613. The minimum atomic E-state index is -4.48. The van der Waals surface area contributed by atoms with E-state index in [1.54, 1.807) is 0 Å². The molecular weight excluding hydrogens is 267 g/mol. The van der Waals surface area contributed by atoms with Crippen LogP contribution in [0.5, 0.6) is 0 Å². The highest BCUT2D eigenvalue weighted by atomic mass is 35.5. The van der Waals surface area contributed by atoms with Crippen molar-refractivity contribution in [1.29, 1.82) is 0 Å². The number of benzene rings is 1. The molecule has 0 fully saturated rings. The van der Waals surface area contributed by atoms with Crippen molar-refractivity contribution in [2.75, 3.05) is 0 Å². The van der Waals surface area contributed by atoms with Crippen molar-refractivity contribution >= 4 is 11.6 Å². The van der Waals surface area contributed by atoms with E-state index in [0.29, 0.717) is 0 Å². The zero-order valence-electron chi connectivity index (χ0n) is 8.88. The van der Waals surface area contributed by atoms with E-state index >= 15 is 0 Å². The molecule has 18 heavy (non-hydrogen) atoms. The molecule has 0 aliphatic heterocycles. The summed E-state index contributed by atoms with van der Waals surface area (Å²) in [5.41, 5.74) is -0.982. The third-order valence-electron chi connectivity index (χ3n) is 2.38. The average Bonchev–Trinajstić information content (AvgIpc) is 2.28. The smallest absolute Gasteiger partial charge is 0.328 e. The van der Waals surface area contributed by atoms with E-state index in [1.165, 1.54) is 24.4 Å². The largest absolute Gasteiger partial charge is 0.417 e. The number of hydrogen-bond acceptors (Lipinski definition) is 1. The number of halogens is 4. The highest BCUT2D eigenvalue weighted by molar-refractivity contribution is 6.30. The van der Waals surface area contributed by atoms with Crippen molar-refractivity contribution in [3.63, 3.8) is 0 Å². The van der Waals surface area contributed by atoms with Crippen LogP contribution in [0.2, 0.25) is 5.02 Å². The van der Waals surface area contributed by atoms with Crippen LogP contribution in [0.1, 0.15) is 5.56 Å². The quantitative estimate of drug-likeness (QED) is 0.844. The standard InChI is InChI=1S/C12H7ClF3NO/c13-8-2-3-10(12(14,15)16)9(5-8)7-1-4-11(18)17-6-7/h1-6H,(H,17,18). The highest BCUT2D eigenvalue weighted by Gasteiger charge is 2.33. The first kappa shape index (κ1) is 12.7. The molecule has 0 saturated carbocycles. The molecule has 0 bridgehead atoms. The van der Waals surface area contributed by atoms with Crippen molar-refractivity contribution in [3.05, 3.63) is 57.5 Å². The van der Waals surface area contributed by atoms with Gasteiger partial charge < -0.3 is 4.98 Å². The second-order valence-electron chi connectivity index (χ2n) is 3.63. The number of rotatable bonds is 1. The lowest BCUT2D eigenvalue weighted by atomic mass is 10.0. The molecule has 0 saturated heterocycles. The molecule has 0 aliphatic carbocycles. The van der Waals surface area contributed by atoms with Crippen LogP contribution in [0, 0.1) is 0 Å². The van der Waals surface area contributed by atoms with Gasteiger partial charge in [-0.3, -0.25) is 4.79 Å². The van der Waals surface area contributed by atoms with Crippen molar-refractivity contribution in [2.45, 2.75) is 6.18 Å². The Balaban J connectivity index is 2.65. The Morgan fingerprint density at radius 1 is 1.11 bits per heavy atom. The zero-order valence-corrected chi connectivity index (χ0v) is 9.64. The fourth-order valence-corrected chi connectivity index (χ4v) is 1.75.